The normalized spacial score (nSPS) is 19.4. The van der Waals surface area contributed by atoms with E-state index in [0.717, 1.165) is 49.2 Å². The van der Waals surface area contributed by atoms with Crippen LogP contribution in [-0.2, 0) is 4.79 Å². The first-order valence-electron chi connectivity index (χ1n) is 10.4. The summed E-state index contributed by atoms with van der Waals surface area (Å²) in [6.07, 6.45) is 4.47. The largest absolute Gasteiger partial charge is 0.322 e. The second-order valence-corrected chi connectivity index (χ2v) is 7.77. The lowest BCUT2D eigenvalue weighted by Gasteiger charge is -2.28. The fraction of sp³-hybridized carbons (Fsp3) is 0.240. The first-order chi connectivity index (χ1) is 14.3. The van der Waals surface area contributed by atoms with Crippen molar-refractivity contribution in [1.82, 2.24) is 0 Å². The summed E-state index contributed by atoms with van der Waals surface area (Å²) < 4.78 is 0. The molecule has 29 heavy (non-hydrogen) atoms. The van der Waals surface area contributed by atoms with Gasteiger partial charge in [0.1, 0.15) is 26.2 Å². The number of amides is 1. The zero-order valence-corrected chi connectivity index (χ0v) is 16.7. The summed E-state index contributed by atoms with van der Waals surface area (Å²) >= 11 is 0. The summed E-state index contributed by atoms with van der Waals surface area (Å²) in [5, 5.41) is 5.36. The smallest absolute Gasteiger partial charge is 0.279 e. The van der Waals surface area contributed by atoms with Crippen LogP contribution in [0.2, 0.25) is 0 Å². The molecule has 148 valence electrons. The summed E-state index contributed by atoms with van der Waals surface area (Å²) in [4.78, 5) is 15.6. The van der Waals surface area contributed by atoms with Gasteiger partial charge < -0.3 is 15.1 Å². The molecular formula is C25H29N3O+2. The molecule has 0 aliphatic carbocycles. The Morgan fingerprint density at radius 3 is 2.34 bits per heavy atom. The van der Waals surface area contributed by atoms with Crippen LogP contribution >= 0.6 is 0 Å². The molecule has 0 aromatic heterocycles. The van der Waals surface area contributed by atoms with Gasteiger partial charge in [-0.1, -0.05) is 72.8 Å². The number of anilines is 1. The fourth-order valence-electron chi connectivity index (χ4n) is 4.02. The predicted molar refractivity (Wildman–Crippen MR) is 119 cm³/mol. The van der Waals surface area contributed by atoms with Crippen molar-refractivity contribution in [3.63, 3.8) is 0 Å². The van der Waals surface area contributed by atoms with E-state index in [0.29, 0.717) is 6.54 Å². The van der Waals surface area contributed by atoms with Gasteiger partial charge in [-0.05, 0) is 23.1 Å². The lowest BCUT2D eigenvalue weighted by molar-refractivity contribution is -1.01. The highest BCUT2D eigenvalue weighted by Gasteiger charge is 2.24. The maximum Gasteiger partial charge on any atom is 0.279 e. The molecule has 0 radical (unpaired) electrons. The van der Waals surface area contributed by atoms with Crippen LogP contribution in [0.5, 0.6) is 0 Å². The molecule has 3 aromatic rings. The fourth-order valence-corrected chi connectivity index (χ4v) is 4.02. The van der Waals surface area contributed by atoms with Gasteiger partial charge >= 0.3 is 0 Å². The molecule has 1 saturated heterocycles. The Bertz CT molecular complexity index is 970. The molecule has 1 fully saturated rings. The summed E-state index contributed by atoms with van der Waals surface area (Å²) in [7, 11) is 0. The Morgan fingerprint density at radius 1 is 0.828 bits per heavy atom. The molecule has 4 nitrogen and oxygen atoms in total. The van der Waals surface area contributed by atoms with Gasteiger partial charge in [0.2, 0.25) is 0 Å². The third-order valence-corrected chi connectivity index (χ3v) is 5.65. The Labute approximate surface area is 172 Å². The number of piperazine rings is 1. The van der Waals surface area contributed by atoms with Crippen molar-refractivity contribution in [1.29, 1.82) is 0 Å². The van der Waals surface area contributed by atoms with Gasteiger partial charge in [-0.25, -0.2) is 0 Å². The summed E-state index contributed by atoms with van der Waals surface area (Å²) in [5.74, 6) is 0.101. The SMILES string of the molecule is O=C(C[NH+]1CC[NH+](C/C=C/c2ccccc2)CC1)Nc1cccc2ccccc12. The minimum atomic E-state index is 0.101. The molecule has 1 aliphatic heterocycles. The summed E-state index contributed by atoms with van der Waals surface area (Å²) in [5.41, 5.74) is 2.16. The predicted octanol–water partition coefficient (Wildman–Crippen LogP) is 1.28. The van der Waals surface area contributed by atoms with Crippen molar-refractivity contribution >= 4 is 28.4 Å². The molecule has 0 spiro atoms. The van der Waals surface area contributed by atoms with Crippen LogP contribution in [0.15, 0.2) is 78.9 Å². The Kier molecular flexibility index (Phi) is 6.35. The van der Waals surface area contributed by atoms with Crippen molar-refractivity contribution in [3.05, 3.63) is 84.4 Å². The molecule has 0 bridgehead atoms. The van der Waals surface area contributed by atoms with Gasteiger partial charge in [0.05, 0.1) is 6.54 Å². The van der Waals surface area contributed by atoms with E-state index in [2.05, 4.69) is 59.9 Å². The van der Waals surface area contributed by atoms with Crippen LogP contribution in [-0.4, -0.2) is 45.2 Å². The Morgan fingerprint density at radius 2 is 1.52 bits per heavy atom. The molecule has 1 heterocycles. The van der Waals surface area contributed by atoms with Crippen LogP contribution < -0.4 is 15.1 Å². The number of hydrogen-bond acceptors (Lipinski definition) is 1. The van der Waals surface area contributed by atoms with Gasteiger partial charge in [0.25, 0.3) is 5.91 Å². The third kappa shape index (κ3) is 5.31. The molecule has 0 atom stereocenters. The van der Waals surface area contributed by atoms with Gasteiger partial charge in [0.15, 0.2) is 6.54 Å². The number of benzene rings is 3. The first kappa shape index (κ1) is 19.4. The molecule has 0 saturated carbocycles. The van der Waals surface area contributed by atoms with Crippen molar-refractivity contribution in [2.24, 2.45) is 0 Å². The minimum Gasteiger partial charge on any atom is -0.322 e. The quantitative estimate of drug-likeness (QED) is 0.586. The van der Waals surface area contributed by atoms with E-state index in [4.69, 9.17) is 0 Å². The van der Waals surface area contributed by atoms with Crippen molar-refractivity contribution in [2.75, 3.05) is 44.6 Å². The van der Waals surface area contributed by atoms with Crippen molar-refractivity contribution < 1.29 is 14.6 Å². The third-order valence-electron chi connectivity index (χ3n) is 5.65. The Hall–Kier alpha value is -2.95. The van der Waals surface area contributed by atoms with E-state index >= 15 is 0 Å². The van der Waals surface area contributed by atoms with Gasteiger partial charge in [-0.15, -0.1) is 0 Å². The standard InChI is InChI=1S/C25H27N3O/c29-25(26-24-14-6-12-22-11-4-5-13-23(22)24)20-28-18-16-27(17-19-28)15-7-10-21-8-2-1-3-9-21/h1-14H,15-20H2,(H,26,29)/p+2/b10-7+. The van der Waals surface area contributed by atoms with E-state index in [1.807, 2.05) is 30.3 Å². The number of carbonyl (C=O) groups is 1. The van der Waals surface area contributed by atoms with E-state index in [9.17, 15) is 4.79 Å². The monoisotopic (exact) mass is 387 g/mol. The number of nitrogens with one attached hydrogen (secondary N) is 3. The van der Waals surface area contributed by atoms with E-state index in [-0.39, 0.29) is 5.91 Å². The van der Waals surface area contributed by atoms with Gasteiger partial charge in [-0.3, -0.25) is 4.79 Å². The summed E-state index contributed by atoms with van der Waals surface area (Å²) in [6, 6.07) is 24.7. The van der Waals surface area contributed by atoms with E-state index in [1.165, 1.54) is 10.5 Å². The average molecular weight is 388 g/mol. The summed E-state index contributed by atoms with van der Waals surface area (Å²) in [6.45, 7) is 5.88. The molecule has 3 aromatic carbocycles. The highest BCUT2D eigenvalue weighted by Crippen LogP contribution is 2.22. The second kappa shape index (κ2) is 9.50. The van der Waals surface area contributed by atoms with E-state index < -0.39 is 0 Å². The highest BCUT2D eigenvalue weighted by molar-refractivity contribution is 6.02. The van der Waals surface area contributed by atoms with Gasteiger partial charge in [-0.2, -0.15) is 0 Å². The van der Waals surface area contributed by atoms with Crippen molar-refractivity contribution in [3.8, 4) is 0 Å². The first-order valence-corrected chi connectivity index (χ1v) is 10.4. The van der Waals surface area contributed by atoms with Crippen LogP contribution in [0.1, 0.15) is 5.56 Å². The number of rotatable bonds is 6. The maximum absolute atomic E-state index is 12.6. The molecule has 3 N–H and O–H groups in total. The minimum absolute atomic E-state index is 0.101. The maximum atomic E-state index is 12.6. The molecular weight excluding hydrogens is 358 g/mol. The van der Waals surface area contributed by atoms with Gasteiger partial charge in [0, 0.05) is 11.1 Å². The van der Waals surface area contributed by atoms with Crippen molar-refractivity contribution in [2.45, 2.75) is 0 Å². The highest BCUT2D eigenvalue weighted by atomic mass is 16.2. The van der Waals surface area contributed by atoms with Crippen LogP contribution in [0.25, 0.3) is 16.8 Å². The lowest BCUT2D eigenvalue weighted by atomic mass is 10.1. The number of fused-ring (bicyclic) bond motifs is 1. The molecule has 0 unspecified atom stereocenters. The second-order valence-electron chi connectivity index (χ2n) is 7.77. The van der Waals surface area contributed by atoms with Crippen LogP contribution in [0.3, 0.4) is 0 Å². The van der Waals surface area contributed by atoms with Crippen LogP contribution in [0.4, 0.5) is 5.69 Å². The topological polar surface area (TPSA) is 38.0 Å². The molecule has 4 rings (SSSR count). The molecule has 1 amide bonds. The van der Waals surface area contributed by atoms with E-state index in [1.54, 1.807) is 4.90 Å². The number of quaternary nitrogens is 2. The lowest BCUT2D eigenvalue weighted by Crippen LogP contribution is -3.28. The zero-order valence-electron chi connectivity index (χ0n) is 16.7. The molecule has 1 aliphatic rings. The molecule has 4 heteroatoms. The van der Waals surface area contributed by atoms with Crippen LogP contribution in [0, 0.1) is 0 Å². The zero-order chi connectivity index (χ0) is 19.9. The number of carbonyl (C=O) groups excluding carboxylic acids is 1. The Balaban J connectivity index is 1.24. The number of hydrogen-bond donors (Lipinski definition) is 3. The average Bonchev–Trinajstić information content (AvgIpc) is 2.76.